The molecule has 0 radical (unpaired) electrons. The molecule has 2 saturated heterocycles. The maximum Gasteiger partial charge on any atom is 0.387 e. The lowest BCUT2D eigenvalue weighted by Crippen LogP contribution is -2.32. The number of para-hydroxylation sites is 1. The molecule has 22 heavy (non-hydrogen) atoms. The Bertz CT molecular complexity index is 485. The van der Waals surface area contributed by atoms with Crippen molar-refractivity contribution in [2.24, 2.45) is 0 Å². The van der Waals surface area contributed by atoms with Gasteiger partial charge >= 0.3 is 6.61 Å². The van der Waals surface area contributed by atoms with Crippen molar-refractivity contribution in [2.45, 2.75) is 56.7 Å². The number of fused-ring (bicyclic) bond motifs is 2. The van der Waals surface area contributed by atoms with Crippen LogP contribution in [0.25, 0.3) is 0 Å². The van der Waals surface area contributed by atoms with Crippen molar-refractivity contribution in [1.82, 2.24) is 0 Å². The van der Waals surface area contributed by atoms with Gasteiger partial charge in [0.1, 0.15) is 11.9 Å². The Morgan fingerprint density at radius 1 is 1.18 bits per heavy atom. The van der Waals surface area contributed by atoms with Crippen LogP contribution in [-0.2, 0) is 9.47 Å². The summed E-state index contributed by atoms with van der Waals surface area (Å²) in [6, 6.07) is 6.44. The molecular weight excluding hydrogens is 294 g/mol. The fourth-order valence-corrected chi connectivity index (χ4v) is 3.32. The fraction of sp³-hybridized carbons (Fsp3) is 0.625. The van der Waals surface area contributed by atoms with E-state index in [9.17, 15) is 13.9 Å². The van der Waals surface area contributed by atoms with Crippen LogP contribution in [0, 0.1) is 0 Å². The predicted octanol–water partition coefficient (Wildman–Crippen LogP) is 3.05. The van der Waals surface area contributed by atoms with Crippen molar-refractivity contribution in [1.29, 1.82) is 0 Å². The Morgan fingerprint density at radius 2 is 1.86 bits per heavy atom. The van der Waals surface area contributed by atoms with Gasteiger partial charge in [-0.05, 0) is 31.7 Å². The van der Waals surface area contributed by atoms with Crippen molar-refractivity contribution >= 4 is 0 Å². The van der Waals surface area contributed by atoms with E-state index in [1.54, 1.807) is 18.2 Å². The molecule has 1 aromatic carbocycles. The highest BCUT2D eigenvalue weighted by atomic mass is 19.3. The standard InChI is InChI=1S/C16H20F2O4/c17-16(18)22-14-4-2-1-3-13(14)15(9-19)21-12-7-10-5-6-11(8-12)20-10/h1-4,10-12,15-16,19H,5-9H2/t10-,11+,12?,15-/m0/s1. The maximum atomic E-state index is 12.5. The minimum absolute atomic E-state index is 0.0250. The molecule has 2 aliphatic rings. The topological polar surface area (TPSA) is 47.9 Å². The Hall–Kier alpha value is -1.24. The highest BCUT2D eigenvalue weighted by molar-refractivity contribution is 5.35. The molecule has 2 fully saturated rings. The molecule has 1 unspecified atom stereocenters. The Balaban J connectivity index is 1.71. The molecule has 122 valence electrons. The molecule has 2 aliphatic heterocycles. The molecular formula is C16H20F2O4. The number of benzene rings is 1. The summed E-state index contributed by atoms with van der Waals surface area (Å²) in [5.41, 5.74) is 0.448. The number of aliphatic hydroxyl groups excluding tert-OH is 1. The van der Waals surface area contributed by atoms with Crippen molar-refractivity contribution in [2.75, 3.05) is 6.61 Å². The number of hydrogen-bond donors (Lipinski definition) is 1. The minimum atomic E-state index is -2.90. The molecule has 0 amide bonds. The van der Waals surface area contributed by atoms with E-state index in [0.29, 0.717) is 5.56 Å². The Kier molecular flexibility index (Phi) is 4.90. The van der Waals surface area contributed by atoms with E-state index in [1.807, 2.05) is 0 Å². The molecule has 0 aromatic heterocycles. The molecule has 3 rings (SSSR count). The van der Waals surface area contributed by atoms with Gasteiger partial charge in [0.2, 0.25) is 0 Å². The van der Waals surface area contributed by atoms with Crippen LogP contribution in [0.5, 0.6) is 5.75 Å². The molecule has 1 aromatic rings. The van der Waals surface area contributed by atoms with E-state index < -0.39 is 12.7 Å². The zero-order chi connectivity index (χ0) is 15.5. The first-order chi connectivity index (χ1) is 10.7. The van der Waals surface area contributed by atoms with Crippen LogP contribution in [0.1, 0.15) is 37.4 Å². The van der Waals surface area contributed by atoms with E-state index in [1.165, 1.54) is 6.07 Å². The van der Waals surface area contributed by atoms with Gasteiger partial charge in [0.15, 0.2) is 0 Å². The first-order valence-electron chi connectivity index (χ1n) is 7.61. The molecule has 0 spiro atoms. The van der Waals surface area contributed by atoms with Crippen molar-refractivity contribution in [3.63, 3.8) is 0 Å². The molecule has 6 heteroatoms. The fourth-order valence-electron chi connectivity index (χ4n) is 3.32. The van der Waals surface area contributed by atoms with Gasteiger partial charge in [0.05, 0.1) is 24.9 Å². The lowest BCUT2D eigenvalue weighted by molar-refractivity contribution is -0.116. The van der Waals surface area contributed by atoms with E-state index in [0.717, 1.165) is 25.7 Å². The summed E-state index contributed by atoms with van der Waals surface area (Å²) >= 11 is 0. The van der Waals surface area contributed by atoms with Gasteiger partial charge in [-0.1, -0.05) is 18.2 Å². The van der Waals surface area contributed by atoms with E-state index in [4.69, 9.17) is 9.47 Å². The third-order valence-corrected chi connectivity index (χ3v) is 4.25. The molecule has 1 N–H and O–H groups in total. The average molecular weight is 314 g/mol. The zero-order valence-electron chi connectivity index (χ0n) is 12.2. The van der Waals surface area contributed by atoms with Gasteiger partial charge in [-0.3, -0.25) is 0 Å². The number of aliphatic hydroxyl groups is 1. The summed E-state index contributed by atoms with van der Waals surface area (Å²) in [5.74, 6) is 0.0478. The zero-order valence-corrected chi connectivity index (χ0v) is 12.2. The summed E-state index contributed by atoms with van der Waals surface area (Å²) in [7, 11) is 0. The SMILES string of the molecule is OC[C@H](OC1C[C@H]2CC[C@@H](C1)O2)c1ccccc1OC(F)F. The maximum absolute atomic E-state index is 12.5. The highest BCUT2D eigenvalue weighted by Gasteiger charge is 2.36. The first-order valence-corrected chi connectivity index (χ1v) is 7.61. The van der Waals surface area contributed by atoms with Crippen LogP contribution in [0.4, 0.5) is 8.78 Å². The largest absolute Gasteiger partial charge is 0.434 e. The highest BCUT2D eigenvalue weighted by Crippen LogP contribution is 2.37. The van der Waals surface area contributed by atoms with Crippen LogP contribution in [0.2, 0.25) is 0 Å². The van der Waals surface area contributed by atoms with Crippen LogP contribution < -0.4 is 4.74 Å². The minimum Gasteiger partial charge on any atom is -0.434 e. The van der Waals surface area contributed by atoms with Crippen molar-refractivity contribution in [3.8, 4) is 5.75 Å². The van der Waals surface area contributed by atoms with Gasteiger partial charge in [0, 0.05) is 5.56 Å². The number of hydrogen-bond acceptors (Lipinski definition) is 4. The predicted molar refractivity (Wildman–Crippen MR) is 74.9 cm³/mol. The van der Waals surface area contributed by atoms with Crippen LogP contribution in [0.15, 0.2) is 24.3 Å². The second-order valence-corrected chi connectivity index (χ2v) is 5.77. The van der Waals surface area contributed by atoms with Crippen LogP contribution in [0.3, 0.4) is 0 Å². The lowest BCUT2D eigenvalue weighted by atomic mass is 10.0. The van der Waals surface area contributed by atoms with Crippen LogP contribution >= 0.6 is 0 Å². The summed E-state index contributed by atoms with van der Waals surface area (Å²) in [5, 5.41) is 9.62. The van der Waals surface area contributed by atoms with Gasteiger partial charge < -0.3 is 19.3 Å². The van der Waals surface area contributed by atoms with Gasteiger partial charge in [0.25, 0.3) is 0 Å². The van der Waals surface area contributed by atoms with E-state index in [-0.39, 0.29) is 30.7 Å². The second kappa shape index (κ2) is 6.89. The average Bonchev–Trinajstić information content (AvgIpc) is 2.84. The van der Waals surface area contributed by atoms with Gasteiger partial charge in [-0.25, -0.2) is 0 Å². The number of ether oxygens (including phenoxy) is 3. The Labute approximate surface area is 128 Å². The second-order valence-electron chi connectivity index (χ2n) is 5.77. The molecule has 4 nitrogen and oxygen atoms in total. The monoisotopic (exact) mass is 314 g/mol. The molecule has 0 aliphatic carbocycles. The Morgan fingerprint density at radius 3 is 2.50 bits per heavy atom. The smallest absolute Gasteiger partial charge is 0.387 e. The number of halogens is 2. The van der Waals surface area contributed by atoms with Crippen molar-refractivity contribution in [3.05, 3.63) is 29.8 Å². The number of rotatable bonds is 6. The van der Waals surface area contributed by atoms with Gasteiger partial charge in [-0.2, -0.15) is 8.78 Å². The number of alkyl halides is 2. The summed E-state index contributed by atoms with van der Waals surface area (Å²) in [6.07, 6.45) is 3.39. The van der Waals surface area contributed by atoms with E-state index >= 15 is 0 Å². The van der Waals surface area contributed by atoms with Crippen LogP contribution in [-0.4, -0.2) is 36.6 Å². The summed E-state index contributed by atoms with van der Waals surface area (Å²) < 4.78 is 41.2. The first kappa shape index (κ1) is 15.6. The molecule has 2 heterocycles. The third-order valence-electron chi connectivity index (χ3n) is 4.25. The summed E-state index contributed by atoms with van der Waals surface area (Å²) in [6.45, 7) is -3.18. The molecule has 4 atom stereocenters. The molecule has 2 bridgehead atoms. The summed E-state index contributed by atoms with van der Waals surface area (Å²) in [4.78, 5) is 0. The van der Waals surface area contributed by atoms with E-state index in [2.05, 4.69) is 4.74 Å². The third kappa shape index (κ3) is 3.56. The normalized spacial score (nSPS) is 28.8. The lowest BCUT2D eigenvalue weighted by Gasteiger charge is -2.31. The molecule has 0 saturated carbocycles. The quantitative estimate of drug-likeness (QED) is 0.877. The van der Waals surface area contributed by atoms with Gasteiger partial charge in [-0.15, -0.1) is 0 Å². The van der Waals surface area contributed by atoms with Crippen molar-refractivity contribution < 1.29 is 28.1 Å².